The first-order valence-corrected chi connectivity index (χ1v) is 14.5. The molecule has 1 aromatic heterocycles. The number of amides is 2. The summed E-state index contributed by atoms with van der Waals surface area (Å²) < 4.78 is 38.3. The molecule has 0 unspecified atom stereocenters. The average Bonchev–Trinajstić information content (AvgIpc) is 3.03. The molecule has 0 radical (unpaired) electrons. The van der Waals surface area contributed by atoms with E-state index in [0.717, 1.165) is 50.3 Å². The molecule has 11 nitrogen and oxygen atoms in total. The zero-order valence-electron chi connectivity index (χ0n) is 25.5. The zero-order chi connectivity index (χ0) is 31.9. The van der Waals surface area contributed by atoms with Crippen LogP contribution in [-0.4, -0.2) is 73.8 Å². The Morgan fingerprint density at radius 3 is 2.53 bits per heavy atom. The monoisotopic (exact) mass is 617 g/mol. The Labute approximate surface area is 260 Å². The molecule has 1 saturated heterocycles. The molecule has 1 fully saturated rings. The Hall–Kier alpha value is -4.94. The molecule has 2 amide bonds. The van der Waals surface area contributed by atoms with Gasteiger partial charge < -0.3 is 29.8 Å². The zero-order valence-corrected chi connectivity index (χ0v) is 25.5. The number of carbonyl (C=O) groups excluding carboxylic acids is 1. The van der Waals surface area contributed by atoms with E-state index in [1.165, 1.54) is 18.3 Å². The van der Waals surface area contributed by atoms with E-state index in [0.29, 0.717) is 51.4 Å². The number of benzene rings is 3. The summed E-state index contributed by atoms with van der Waals surface area (Å²) >= 11 is 0. The number of anilines is 1. The van der Waals surface area contributed by atoms with Crippen molar-refractivity contribution in [3.63, 3.8) is 0 Å². The second kappa shape index (κ2) is 14.2. The Morgan fingerprint density at radius 1 is 1.09 bits per heavy atom. The molecule has 2 heterocycles. The summed E-state index contributed by atoms with van der Waals surface area (Å²) in [5.74, 6) is 0.773. The molecule has 12 heteroatoms. The number of carbonyl (C=O) groups is 1. The lowest BCUT2D eigenvalue weighted by atomic mass is 10.1. The maximum atomic E-state index is 15.3. The molecule has 0 aliphatic carbocycles. The Bertz CT molecular complexity index is 1690. The van der Waals surface area contributed by atoms with Gasteiger partial charge in [-0.15, -0.1) is 0 Å². The lowest BCUT2D eigenvalue weighted by Crippen LogP contribution is -2.37. The van der Waals surface area contributed by atoms with Gasteiger partial charge in [-0.2, -0.15) is 10.1 Å². The van der Waals surface area contributed by atoms with E-state index < -0.39 is 11.8 Å². The quantitative estimate of drug-likeness (QED) is 0.128. The maximum Gasteiger partial charge on any atom is 0.340 e. The fourth-order valence-electron chi connectivity index (χ4n) is 5.05. The minimum Gasteiger partial charge on any atom is -0.507 e. The molecule has 0 bridgehead atoms. The van der Waals surface area contributed by atoms with E-state index in [2.05, 4.69) is 15.0 Å². The first-order valence-electron chi connectivity index (χ1n) is 14.5. The van der Waals surface area contributed by atoms with Crippen LogP contribution in [0.5, 0.6) is 28.7 Å². The number of ether oxygens (including phenoxy) is 4. The number of aromatic nitrogens is 1. The van der Waals surface area contributed by atoms with Gasteiger partial charge in [0, 0.05) is 43.4 Å². The van der Waals surface area contributed by atoms with Crippen molar-refractivity contribution in [3.05, 3.63) is 77.2 Å². The number of aryl methyl sites for hydroxylation is 2. The third-order valence-electron chi connectivity index (χ3n) is 7.39. The number of phenols is 1. The lowest BCUT2D eigenvalue weighted by molar-refractivity contribution is 0.0357. The molecular weight excluding hydrogens is 581 g/mol. The molecule has 0 atom stereocenters. The van der Waals surface area contributed by atoms with Crippen molar-refractivity contribution in [3.8, 4) is 28.7 Å². The van der Waals surface area contributed by atoms with Crippen LogP contribution in [0.1, 0.15) is 23.1 Å². The van der Waals surface area contributed by atoms with Crippen LogP contribution in [0.3, 0.4) is 0 Å². The number of morpholine rings is 1. The number of rotatable bonds is 11. The number of hydrogen-bond donors (Lipinski definition) is 2. The number of nitrogens with two attached hydrogens (primary N) is 1. The molecule has 5 rings (SSSR count). The Kier molecular flexibility index (Phi) is 9.95. The number of pyridine rings is 1. The molecule has 0 spiro atoms. The standard InChI is InChI=1S/C33H36FN5O6/c1-21-15-23(16-22(2)32(21)40)20-37-39(33(35)41)24-5-6-29(26(34)17-24)45-28-7-8-36-27-19-31(30(42-3)18-25(27)28)44-12-4-9-38-10-13-43-14-11-38/h5-8,15-20,40H,4,9-14H2,1-3H3,(H2,35,41)/b37-20+. The van der Waals surface area contributed by atoms with Crippen molar-refractivity contribution in [1.82, 2.24) is 9.88 Å². The van der Waals surface area contributed by atoms with E-state index >= 15 is 4.39 Å². The average molecular weight is 618 g/mol. The number of phenolic OH excluding ortho intramolecular Hbond substituents is 1. The van der Waals surface area contributed by atoms with Gasteiger partial charge >= 0.3 is 6.03 Å². The van der Waals surface area contributed by atoms with Crippen LogP contribution < -0.4 is 25.0 Å². The van der Waals surface area contributed by atoms with Crippen LogP contribution in [-0.2, 0) is 4.74 Å². The maximum absolute atomic E-state index is 15.3. The summed E-state index contributed by atoms with van der Waals surface area (Å²) in [5.41, 5.74) is 8.18. The molecule has 3 N–H and O–H groups in total. The van der Waals surface area contributed by atoms with Gasteiger partial charge in [-0.3, -0.25) is 9.88 Å². The van der Waals surface area contributed by atoms with Crippen LogP contribution in [0.15, 0.2) is 59.8 Å². The molecule has 0 saturated carbocycles. The van der Waals surface area contributed by atoms with Crippen LogP contribution in [0.4, 0.5) is 14.9 Å². The van der Waals surface area contributed by atoms with E-state index in [-0.39, 0.29) is 17.2 Å². The molecule has 45 heavy (non-hydrogen) atoms. The summed E-state index contributed by atoms with van der Waals surface area (Å²) in [6.45, 7) is 8.29. The molecule has 1 aliphatic heterocycles. The number of methoxy groups -OCH3 is 1. The predicted molar refractivity (Wildman–Crippen MR) is 169 cm³/mol. The summed E-state index contributed by atoms with van der Waals surface area (Å²) in [6, 6.07) is 11.6. The van der Waals surface area contributed by atoms with Crippen molar-refractivity contribution >= 4 is 28.8 Å². The number of aromatic hydroxyl groups is 1. The number of hydrazone groups is 1. The van der Waals surface area contributed by atoms with Gasteiger partial charge in [0.05, 0.1) is 44.3 Å². The highest BCUT2D eigenvalue weighted by atomic mass is 19.1. The van der Waals surface area contributed by atoms with E-state index in [9.17, 15) is 9.90 Å². The van der Waals surface area contributed by atoms with E-state index in [1.54, 1.807) is 57.5 Å². The Morgan fingerprint density at radius 2 is 1.84 bits per heavy atom. The highest BCUT2D eigenvalue weighted by Crippen LogP contribution is 2.38. The predicted octanol–water partition coefficient (Wildman–Crippen LogP) is 5.52. The first-order chi connectivity index (χ1) is 21.7. The van der Waals surface area contributed by atoms with Gasteiger partial charge in [-0.25, -0.2) is 9.18 Å². The van der Waals surface area contributed by atoms with Crippen molar-refractivity contribution in [2.75, 3.05) is 51.6 Å². The fraction of sp³-hybridized carbons (Fsp3) is 0.303. The highest BCUT2D eigenvalue weighted by molar-refractivity contribution is 5.93. The molecule has 236 valence electrons. The third kappa shape index (κ3) is 7.59. The summed E-state index contributed by atoms with van der Waals surface area (Å²) in [4.78, 5) is 19.0. The first kappa shape index (κ1) is 31.5. The second-order valence-corrected chi connectivity index (χ2v) is 10.6. The van der Waals surface area contributed by atoms with Crippen molar-refractivity contribution < 1.29 is 33.2 Å². The van der Waals surface area contributed by atoms with Gasteiger partial charge in [0.25, 0.3) is 0 Å². The molecule has 3 aromatic carbocycles. The number of fused-ring (bicyclic) bond motifs is 1. The topological polar surface area (TPSA) is 132 Å². The normalized spacial score (nSPS) is 13.7. The van der Waals surface area contributed by atoms with Gasteiger partial charge in [0.15, 0.2) is 23.1 Å². The molecule has 1 aliphatic rings. The third-order valence-corrected chi connectivity index (χ3v) is 7.39. The van der Waals surface area contributed by atoms with Gasteiger partial charge in [0.2, 0.25) is 0 Å². The molecular formula is C33H36FN5O6. The van der Waals surface area contributed by atoms with Gasteiger partial charge in [0.1, 0.15) is 11.5 Å². The minimum atomic E-state index is -0.905. The van der Waals surface area contributed by atoms with Crippen molar-refractivity contribution in [2.24, 2.45) is 10.8 Å². The summed E-state index contributed by atoms with van der Waals surface area (Å²) in [5, 5.41) is 15.6. The SMILES string of the molecule is COc1cc2c(Oc3ccc(N(/N=C/c4cc(C)c(O)c(C)c4)C(N)=O)cc3F)ccnc2cc1OCCCN1CCOCC1. The van der Waals surface area contributed by atoms with E-state index in [4.69, 9.17) is 24.7 Å². The van der Waals surface area contributed by atoms with Crippen LogP contribution in [0, 0.1) is 19.7 Å². The minimum absolute atomic E-state index is 0.0770. The number of hydrogen-bond acceptors (Lipinski definition) is 9. The van der Waals surface area contributed by atoms with Crippen molar-refractivity contribution in [1.29, 1.82) is 0 Å². The number of halogens is 1. The lowest BCUT2D eigenvalue weighted by Gasteiger charge is -2.26. The van der Waals surface area contributed by atoms with Gasteiger partial charge in [-0.1, -0.05) is 0 Å². The van der Waals surface area contributed by atoms with Crippen LogP contribution >= 0.6 is 0 Å². The number of urea groups is 1. The largest absolute Gasteiger partial charge is 0.507 e. The van der Waals surface area contributed by atoms with E-state index in [1.807, 2.05) is 0 Å². The van der Waals surface area contributed by atoms with Crippen LogP contribution in [0.2, 0.25) is 0 Å². The molecule has 4 aromatic rings. The fourth-order valence-corrected chi connectivity index (χ4v) is 5.05. The summed E-state index contributed by atoms with van der Waals surface area (Å²) in [7, 11) is 1.55. The number of primary amides is 1. The second-order valence-electron chi connectivity index (χ2n) is 10.6. The number of nitrogens with zero attached hydrogens (tertiary/aromatic N) is 4. The van der Waals surface area contributed by atoms with Gasteiger partial charge in [-0.05, 0) is 73.4 Å². The highest BCUT2D eigenvalue weighted by Gasteiger charge is 2.17. The smallest absolute Gasteiger partial charge is 0.340 e. The summed E-state index contributed by atoms with van der Waals surface area (Å²) in [6.07, 6.45) is 3.82. The van der Waals surface area contributed by atoms with Crippen LogP contribution in [0.25, 0.3) is 10.9 Å². The Balaban J connectivity index is 1.31. The van der Waals surface area contributed by atoms with Crippen molar-refractivity contribution in [2.45, 2.75) is 20.3 Å².